The summed E-state index contributed by atoms with van der Waals surface area (Å²) < 4.78 is 18.2. The maximum absolute atomic E-state index is 12.9. The third-order valence-electron chi connectivity index (χ3n) is 3.25. The highest BCUT2D eigenvalue weighted by Gasteiger charge is 2.23. The molecule has 140 valence electrons. The first-order chi connectivity index (χ1) is 11.6. The number of halogens is 1. The number of ether oxygens (including phenoxy) is 1. The predicted molar refractivity (Wildman–Crippen MR) is 91.7 cm³/mol. The Balaban J connectivity index is 2.70. The average Bonchev–Trinajstić information content (AvgIpc) is 2.49. The van der Waals surface area contributed by atoms with Gasteiger partial charge in [0.2, 0.25) is 0 Å². The van der Waals surface area contributed by atoms with Crippen LogP contribution in [0.25, 0.3) is 0 Å². The summed E-state index contributed by atoms with van der Waals surface area (Å²) in [6.45, 7) is 6.10. The molecule has 0 saturated carbocycles. The maximum atomic E-state index is 12.9. The van der Waals surface area contributed by atoms with Crippen molar-refractivity contribution in [3.63, 3.8) is 0 Å². The van der Waals surface area contributed by atoms with Crippen LogP contribution in [0.5, 0.6) is 0 Å². The molecule has 8 heteroatoms. The number of carbonyl (C=O) groups excluding carboxylic acids is 1. The molecule has 1 aromatic rings. The van der Waals surface area contributed by atoms with Crippen LogP contribution in [0.4, 0.5) is 14.0 Å². The molecule has 0 aromatic heterocycles. The van der Waals surface area contributed by atoms with Gasteiger partial charge in [-0.2, -0.15) is 0 Å². The highest BCUT2D eigenvalue weighted by Crippen LogP contribution is 2.11. The molecule has 0 bridgehead atoms. The van der Waals surface area contributed by atoms with Gasteiger partial charge in [0.25, 0.3) is 0 Å². The molecule has 7 nitrogen and oxygen atoms in total. The molecule has 1 aromatic carbocycles. The minimum Gasteiger partial charge on any atom is -0.465 e. The number of nitrogens with zero attached hydrogens (tertiary/aromatic N) is 2. The number of hydrogen-bond donors (Lipinski definition) is 2. The molecule has 1 rings (SSSR count). The lowest BCUT2D eigenvalue weighted by atomic mass is 10.2. The third-order valence-corrected chi connectivity index (χ3v) is 3.25. The molecule has 25 heavy (non-hydrogen) atoms. The number of nitrogens with two attached hydrogens (primary N) is 1. The van der Waals surface area contributed by atoms with Gasteiger partial charge in [-0.15, -0.1) is 0 Å². The first kappa shape index (κ1) is 20.7. The molecule has 0 atom stereocenters. The van der Waals surface area contributed by atoms with E-state index in [0.29, 0.717) is 5.56 Å². The van der Waals surface area contributed by atoms with E-state index in [-0.39, 0.29) is 38.5 Å². The second-order valence-electron chi connectivity index (χ2n) is 6.59. The fourth-order valence-electron chi connectivity index (χ4n) is 2.07. The van der Waals surface area contributed by atoms with Gasteiger partial charge < -0.3 is 25.4 Å². The second-order valence-corrected chi connectivity index (χ2v) is 6.59. The van der Waals surface area contributed by atoms with Gasteiger partial charge in [-0.3, -0.25) is 0 Å². The van der Waals surface area contributed by atoms with Crippen LogP contribution in [0.15, 0.2) is 24.3 Å². The van der Waals surface area contributed by atoms with Gasteiger partial charge in [0, 0.05) is 32.7 Å². The van der Waals surface area contributed by atoms with Crippen molar-refractivity contribution in [1.82, 2.24) is 9.80 Å². The molecule has 0 radical (unpaired) electrons. The molecular weight excluding hydrogens is 329 g/mol. The Labute approximate surface area is 147 Å². The molecule has 0 saturated heterocycles. The van der Waals surface area contributed by atoms with Crippen molar-refractivity contribution in [2.24, 2.45) is 5.73 Å². The summed E-state index contributed by atoms with van der Waals surface area (Å²) in [6, 6.07) is 5.60. The van der Waals surface area contributed by atoms with Gasteiger partial charge in [0.05, 0.1) is 0 Å². The van der Waals surface area contributed by atoms with Gasteiger partial charge in [0.1, 0.15) is 11.4 Å². The van der Waals surface area contributed by atoms with Crippen molar-refractivity contribution in [3.05, 3.63) is 35.6 Å². The van der Waals surface area contributed by atoms with Gasteiger partial charge in [-0.25, -0.2) is 14.0 Å². The quantitative estimate of drug-likeness (QED) is 0.783. The molecular formula is C17H26FN3O4. The van der Waals surface area contributed by atoms with Crippen LogP contribution in [0, 0.1) is 5.82 Å². The van der Waals surface area contributed by atoms with E-state index in [2.05, 4.69) is 0 Å². The van der Waals surface area contributed by atoms with Crippen molar-refractivity contribution >= 4 is 12.2 Å². The fourth-order valence-corrected chi connectivity index (χ4v) is 2.07. The molecule has 0 unspecified atom stereocenters. The lowest BCUT2D eigenvalue weighted by Crippen LogP contribution is -2.44. The van der Waals surface area contributed by atoms with E-state index in [4.69, 9.17) is 10.5 Å². The number of amides is 2. The number of carbonyl (C=O) groups is 2. The average molecular weight is 355 g/mol. The SMILES string of the molecule is CC(C)(C)OC(=O)N(CCN)CCN(Cc1ccc(F)cc1)C(=O)O. The normalized spacial score (nSPS) is 11.1. The third kappa shape index (κ3) is 7.84. The fraction of sp³-hybridized carbons (Fsp3) is 0.529. The van der Waals surface area contributed by atoms with Crippen LogP contribution in [-0.2, 0) is 11.3 Å². The zero-order valence-corrected chi connectivity index (χ0v) is 14.9. The van der Waals surface area contributed by atoms with Crippen LogP contribution in [0.1, 0.15) is 26.3 Å². The molecule has 0 aliphatic heterocycles. The highest BCUT2D eigenvalue weighted by molar-refractivity contribution is 5.68. The van der Waals surface area contributed by atoms with E-state index in [9.17, 15) is 19.1 Å². The van der Waals surface area contributed by atoms with Crippen LogP contribution in [0.3, 0.4) is 0 Å². The topological polar surface area (TPSA) is 96.1 Å². The molecule has 0 spiro atoms. The van der Waals surface area contributed by atoms with Crippen LogP contribution in [-0.4, -0.2) is 58.9 Å². The summed E-state index contributed by atoms with van der Waals surface area (Å²) >= 11 is 0. The van der Waals surface area contributed by atoms with Crippen molar-refractivity contribution in [1.29, 1.82) is 0 Å². The smallest absolute Gasteiger partial charge is 0.410 e. The van der Waals surface area contributed by atoms with Crippen molar-refractivity contribution in [2.45, 2.75) is 32.9 Å². The first-order valence-electron chi connectivity index (χ1n) is 8.02. The zero-order chi connectivity index (χ0) is 19.0. The van der Waals surface area contributed by atoms with E-state index < -0.39 is 17.8 Å². The summed E-state index contributed by atoms with van der Waals surface area (Å²) in [7, 11) is 0. The molecule has 3 N–H and O–H groups in total. The van der Waals surface area contributed by atoms with E-state index in [1.54, 1.807) is 20.8 Å². The van der Waals surface area contributed by atoms with Crippen molar-refractivity contribution < 1.29 is 23.8 Å². The summed E-state index contributed by atoms with van der Waals surface area (Å²) in [5, 5.41) is 9.35. The first-order valence-corrected chi connectivity index (χ1v) is 8.02. The Hall–Kier alpha value is -2.35. The summed E-state index contributed by atoms with van der Waals surface area (Å²) in [5.74, 6) is -0.385. The number of rotatable bonds is 7. The molecule has 0 aliphatic carbocycles. The van der Waals surface area contributed by atoms with Gasteiger partial charge >= 0.3 is 12.2 Å². The lowest BCUT2D eigenvalue weighted by Gasteiger charge is -2.29. The molecule has 2 amide bonds. The van der Waals surface area contributed by atoms with E-state index in [1.165, 1.54) is 29.2 Å². The number of carboxylic acid groups (broad SMARTS) is 1. The van der Waals surface area contributed by atoms with E-state index >= 15 is 0 Å². The summed E-state index contributed by atoms with van der Waals surface area (Å²) in [4.78, 5) is 26.1. The van der Waals surface area contributed by atoms with Crippen molar-refractivity contribution in [3.8, 4) is 0 Å². The van der Waals surface area contributed by atoms with Gasteiger partial charge in [0.15, 0.2) is 0 Å². The Morgan fingerprint density at radius 2 is 1.68 bits per heavy atom. The van der Waals surface area contributed by atoms with Gasteiger partial charge in [-0.05, 0) is 38.5 Å². The predicted octanol–water partition coefficient (Wildman–Crippen LogP) is 2.50. The summed E-state index contributed by atoms with van der Waals surface area (Å²) in [5.41, 5.74) is 5.53. The largest absolute Gasteiger partial charge is 0.465 e. The van der Waals surface area contributed by atoms with Gasteiger partial charge in [-0.1, -0.05) is 12.1 Å². The van der Waals surface area contributed by atoms with Crippen LogP contribution >= 0.6 is 0 Å². The lowest BCUT2D eigenvalue weighted by molar-refractivity contribution is 0.0236. The monoisotopic (exact) mass is 355 g/mol. The minimum absolute atomic E-state index is 0.0892. The number of hydrogen-bond acceptors (Lipinski definition) is 4. The highest BCUT2D eigenvalue weighted by atomic mass is 19.1. The Bertz CT molecular complexity index is 572. The second kappa shape index (κ2) is 9.22. The van der Waals surface area contributed by atoms with Crippen molar-refractivity contribution in [2.75, 3.05) is 26.2 Å². The van der Waals surface area contributed by atoms with Crippen LogP contribution < -0.4 is 5.73 Å². The Morgan fingerprint density at radius 3 is 2.16 bits per heavy atom. The van der Waals surface area contributed by atoms with E-state index in [0.717, 1.165) is 4.90 Å². The van der Waals surface area contributed by atoms with Crippen LogP contribution in [0.2, 0.25) is 0 Å². The molecule has 0 heterocycles. The number of benzene rings is 1. The summed E-state index contributed by atoms with van der Waals surface area (Å²) in [6.07, 6.45) is -1.66. The Kier molecular flexibility index (Phi) is 7.63. The standard InChI is InChI=1S/C17H26FN3O4/c1-17(2,3)25-16(24)20(9-8-19)10-11-21(15(22)23)12-13-4-6-14(18)7-5-13/h4-7H,8-12,19H2,1-3H3,(H,22,23). The molecule has 0 fully saturated rings. The minimum atomic E-state index is -1.12. The maximum Gasteiger partial charge on any atom is 0.410 e. The molecule has 0 aliphatic rings. The van der Waals surface area contributed by atoms with E-state index in [1.807, 2.05) is 0 Å². The Morgan fingerprint density at radius 1 is 1.12 bits per heavy atom. The zero-order valence-electron chi connectivity index (χ0n) is 14.9.